The van der Waals surface area contributed by atoms with E-state index >= 15 is 0 Å². The quantitative estimate of drug-likeness (QED) is 0.868. The maximum absolute atomic E-state index is 6.21. The summed E-state index contributed by atoms with van der Waals surface area (Å²) >= 11 is 0. The van der Waals surface area contributed by atoms with E-state index in [1.54, 1.807) is 0 Å². The monoisotopic (exact) mass is 246 g/mol. The highest BCUT2D eigenvalue weighted by Crippen LogP contribution is 2.38. The molecule has 1 fully saturated rings. The van der Waals surface area contributed by atoms with Gasteiger partial charge in [-0.1, -0.05) is 30.3 Å². The van der Waals surface area contributed by atoms with Gasteiger partial charge in [-0.15, -0.1) is 0 Å². The Morgan fingerprint density at radius 1 is 1.06 bits per heavy atom. The first kappa shape index (κ1) is 13.6. The largest absolute Gasteiger partial charge is 0.328 e. The number of nitrogens with zero attached hydrogens (tertiary/aromatic N) is 1. The molecule has 0 unspecified atom stereocenters. The maximum atomic E-state index is 6.21. The van der Waals surface area contributed by atoms with Gasteiger partial charge in [0.05, 0.1) is 0 Å². The molecule has 0 aliphatic carbocycles. The van der Waals surface area contributed by atoms with Crippen LogP contribution in [0.4, 0.5) is 0 Å². The van der Waals surface area contributed by atoms with Gasteiger partial charge in [-0.3, -0.25) is 4.90 Å². The van der Waals surface area contributed by atoms with Crippen LogP contribution in [0.25, 0.3) is 0 Å². The lowest BCUT2D eigenvalue weighted by atomic mass is 9.77. The molecule has 0 bridgehead atoms. The van der Waals surface area contributed by atoms with Crippen molar-refractivity contribution in [2.45, 2.75) is 64.2 Å². The van der Waals surface area contributed by atoms with Crippen molar-refractivity contribution >= 4 is 0 Å². The number of benzene rings is 1. The molecular formula is C16H26N2. The Bertz CT molecular complexity index is 377. The fourth-order valence-corrected chi connectivity index (χ4v) is 3.59. The molecule has 0 saturated carbocycles. The SMILES string of the molecule is CC1(C)CC(N)CC(C)(C)N1Cc1ccccc1. The van der Waals surface area contributed by atoms with Gasteiger partial charge in [0.15, 0.2) is 0 Å². The number of hydrogen-bond acceptors (Lipinski definition) is 2. The minimum atomic E-state index is 0.164. The molecule has 1 heterocycles. The highest BCUT2D eigenvalue weighted by atomic mass is 15.3. The zero-order chi connectivity index (χ0) is 13.4. The molecule has 0 aromatic heterocycles. The van der Waals surface area contributed by atoms with Crippen LogP contribution in [-0.4, -0.2) is 22.0 Å². The van der Waals surface area contributed by atoms with Crippen molar-refractivity contribution in [3.8, 4) is 0 Å². The van der Waals surface area contributed by atoms with E-state index in [9.17, 15) is 0 Å². The second-order valence-electron chi connectivity index (χ2n) is 6.86. The van der Waals surface area contributed by atoms with E-state index in [1.807, 2.05) is 0 Å². The maximum Gasteiger partial charge on any atom is 0.0244 e. The second-order valence-corrected chi connectivity index (χ2v) is 6.86. The molecule has 1 aromatic carbocycles. The van der Waals surface area contributed by atoms with Gasteiger partial charge in [0.1, 0.15) is 0 Å². The molecular weight excluding hydrogens is 220 g/mol. The van der Waals surface area contributed by atoms with E-state index in [-0.39, 0.29) is 11.1 Å². The van der Waals surface area contributed by atoms with E-state index in [4.69, 9.17) is 5.73 Å². The van der Waals surface area contributed by atoms with Crippen LogP contribution in [0.5, 0.6) is 0 Å². The summed E-state index contributed by atoms with van der Waals surface area (Å²) < 4.78 is 0. The number of piperidine rings is 1. The van der Waals surface area contributed by atoms with Gasteiger partial charge < -0.3 is 5.73 Å². The predicted molar refractivity (Wildman–Crippen MR) is 77.4 cm³/mol. The molecule has 2 rings (SSSR count). The summed E-state index contributed by atoms with van der Waals surface area (Å²) in [7, 11) is 0. The zero-order valence-electron chi connectivity index (χ0n) is 12.1. The van der Waals surface area contributed by atoms with Crippen molar-refractivity contribution in [2.24, 2.45) is 5.73 Å². The minimum Gasteiger partial charge on any atom is -0.328 e. The Morgan fingerprint density at radius 3 is 2.06 bits per heavy atom. The first-order valence-electron chi connectivity index (χ1n) is 6.88. The lowest BCUT2D eigenvalue weighted by molar-refractivity contribution is -0.0418. The van der Waals surface area contributed by atoms with Gasteiger partial charge in [-0.25, -0.2) is 0 Å². The molecule has 2 N–H and O–H groups in total. The summed E-state index contributed by atoms with van der Waals surface area (Å²) in [5.74, 6) is 0. The fraction of sp³-hybridized carbons (Fsp3) is 0.625. The molecule has 0 spiro atoms. The lowest BCUT2D eigenvalue weighted by Crippen LogP contribution is -2.62. The highest BCUT2D eigenvalue weighted by molar-refractivity contribution is 5.16. The molecule has 2 heteroatoms. The summed E-state index contributed by atoms with van der Waals surface area (Å²) in [6.45, 7) is 10.3. The molecule has 0 amide bonds. The Kier molecular flexibility index (Phi) is 3.52. The Hall–Kier alpha value is -0.860. The molecule has 18 heavy (non-hydrogen) atoms. The smallest absolute Gasteiger partial charge is 0.0244 e. The van der Waals surface area contributed by atoms with E-state index in [2.05, 4.69) is 62.9 Å². The molecule has 100 valence electrons. The number of nitrogens with two attached hydrogens (primary N) is 1. The van der Waals surface area contributed by atoms with Crippen LogP contribution in [-0.2, 0) is 6.54 Å². The van der Waals surface area contributed by atoms with Crippen molar-refractivity contribution in [1.82, 2.24) is 4.90 Å². The van der Waals surface area contributed by atoms with Crippen LogP contribution in [0.15, 0.2) is 30.3 Å². The number of likely N-dealkylation sites (tertiary alicyclic amines) is 1. The normalized spacial score (nSPS) is 24.1. The Morgan fingerprint density at radius 2 is 1.56 bits per heavy atom. The number of rotatable bonds is 2. The lowest BCUT2D eigenvalue weighted by Gasteiger charge is -2.55. The molecule has 1 aliphatic rings. The topological polar surface area (TPSA) is 29.3 Å². The summed E-state index contributed by atoms with van der Waals surface area (Å²) in [5.41, 5.74) is 7.93. The molecule has 1 aromatic rings. The number of hydrogen-bond donors (Lipinski definition) is 1. The highest BCUT2D eigenvalue weighted by Gasteiger charge is 2.43. The van der Waals surface area contributed by atoms with Gasteiger partial charge in [0.2, 0.25) is 0 Å². The van der Waals surface area contributed by atoms with Crippen molar-refractivity contribution < 1.29 is 0 Å². The van der Waals surface area contributed by atoms with E-state index in [0.717, 1.165) is 19.4 Å². The first-order valence-corrected chi connectivity index (χ1v) is 6.88. The molecule has 0 atom stereocenters. The standard InChI is InChI=1S/C16H26N2/c1-15(2)10-14(17)11-16(3,4)18(15)12-13-8-6-5-7-9-13/h5-9,14H,10-12,17H2,1-4H3. The van der Waals surface area contributed by atoms with Crippen LogP contribution in [0.1, 0.15) is 46.1 Å². The molecule has 2 nitrogen and oxygen atoms in total. The Labute approximate surface area is 111 Å². The predicted octanol–water partition coefficient (Wildman–Crippen LogP) is 3.17. The van der Waals surface area contributed by atoms with Crippen molar-refractivity contribution in [3.05, 3.63) is 35.9 Å². The summed E-state index contributed by atoms with van der Waals surface area (Å²) in [6, 6.07) is 11.0. The van der Waals surface area contributed by atoms with E-state index < -0.39 is 0 Å². The molecule has 1 aliphatic heterocycles. The zero-order valence-corrected chi connectivity index (χ0v) is 12.1. The average molecular weight is 246 g/mol. The van der Waals surface area contributed by atoms with Gasteiger partial charge in [0, 0.05) is 23.7 Å². The van der Waals surface area contributed by atoms with Gasteiger partial charge in [-0.05, 0) is 46.1 Å². The average Bonchev–Trinajstić information content (AvgIpc) is 2.23. The van der Waals surface area contributed by atoms with Crippen LogP contribution in [0.2, 0.25) is 0 Å². The summed E-state index contributed by atoms with van der Waals surface area (Å²) in [6.07, 6.45) is 2.15. The molecule has 1 saturated heterocycles. The fourth-order valence-electron chi connectivity index (χ4n) is 3.59. The van der Waals surface area contributed by atoms with Gasteiger partial charge in [0.25, 0.3) is 0 Å². The van der Waals surface area contributed by atoms with E-state index in [1.165, 1.54) is 5.56 Å². The van der Waals surface area contributed by atoms with Crippen LogP contribution in [0.3, 0.4) is 0 Å². The first-order chi connectivity index (χ1) is 8.31. The van der Waals surface area contributed by atoms with Crippen LogP contribution < -0.4 is 5.73 Å². The van der Waals surface area contributed by atoms with Crippen LogP contribution in [0, 0.1) is 0 Å². The van der Waals surface area contributed by atoms with Crippen molar-refractivity contribution in [2.75, 3.05) is 0 Å². The summed E-state index contributed by atoms with van der Waals surface area (Å²) in [4.78, 5) is 2.61. The second kappa shape index (κ2) is 4.67. The summed E-state index contributed by atoms with van der Waals surface area (Å²) in [5, 5.41) is 0. The third-order valence-corrected chi connectivity index (χ3v) is 4.17. The van der Waals surface area contributed by atoms with E-state index in [0.29, 0.717) is 6.04 Å². The van der Waals surface area contributed by atoms with Crippen LogP contribution >= 0.6 is 0 Å². The third kappa shape index (κ3) is 2.76. The minimum absolute atomic E-state index is 0.164. The third-order valence-electron chi connectivity index (χ3n) is 4.17. The molecule has 0 radical (unpaired) electrons. The van der Waals surface area contributed by atoms with Gasteiger partial charge >= 0.3 is 0 Å². The Balaban J connectivity index is 2.23. The van der Waals surface area contributed by atoms with Crippen molar-refractivity contribution in [1.29, 1.82) is 0 Å². The van der Waals surface area contributed by atoms with Crippen molar-refractivity contribution in [3.63, 3.8) is 0 Å². The van der Waals surface area contributed by atoms with Gasteiger partial charge in [-0.2, -0.15) is 0 Å².